The van der Waals surface area contributed by atoms with E-state index in [4.69, 9.17) is 14.2 Å². The van der Waals surface area contributed by atoms with Crippen LogP contribution in [-0.2, 0) is 14.2 Å². The van der Waals surface area contributed by atoms with E-state index >= 15 is 0 Å². The summed E-state index contributed by atoms with van der Waals surface area (Å²) in [7, 11) is 3.58. The van der Waals surface area contributed by atoms with E-state index < -0.39 is 0 Å². The van der Waals surface area contributed by atoms with Gasteiger partial charge in [0.1, 0.15) is 0 Å². The van der Waals surface area contributed by atoms with Gasteiger partial charge in [0.05, 0.1) is 5.60 Å². The van der Waals surface area contributed by atoms with Gasteiger partial charge in [0.2, 0.25) is 0 Å². The van der Waals surface area contributed by atoms with Crippen LogP contribution in [0.25, 0.3) is 0 Å². The molecule has 1 rings (SSSR count). The van der Waals surface area contributed by atoms with E-state index in [9.17, 15) is 0 Å². The molecule has 17 heavy (non-hydrogen) atoms. The molecular formula is C13H27NO3. The van der Waals surface area contributed by atoms with Gasteiger partial charge >= 0.3 is 0 Å². The van der Waals surface area contributed by atoms with Crippen molar-refractivity contribution in [3.05, 3.63) is 0 Å². The molecule has 0 aromatic rings. The van der Waals surface area contributed by atoms with E-state index in [0.29, 0.717) is 6.04 Å². The molecule has 1 aliphatic rings. The number of hydrogen-bond donors (Lipinski definition) is 1. The van der Waals surface area contributed by atoms with Gasteiger partial charge in [-0.2, -0.15) is 0 Å². The van der Waals surface area contributed by atoms with Crippen LogP contribution in [0.2, 0.25) is 0 Å². The molecule has 1 N–H and O–H groups in total. The summed E-state index contributed by atoms with van der Waals surface area (Å²) in [6.45, 7) is 5.55. The summed E-state index contributed by atoms with van der Waals surface area (Å²) in [5.41, 5.74) is -0.0536. The molecule has 4 nitrogen and oxygen atoms in total. The van der Waals surface area contributed by atoms with Crippen LogP contribution < -0.4 is 5.32 Å². The van der Waals surface area contributed by atoms with Crippen LogP contribution >= 0.6 is 0 Å². The topological polar surface area (TPSA) is 39.7 Å². The average molecular weight is 245 g/mol. The van der Waals surface area contributed by atoms with E-state index in [1.807, 2.05) is 7.11 Å². The predicted molar refractivity (Wildman–Crippen MR) is 68.4 cm³/mol. The van der Waals surface area contributed by atoms with Gasteiger partial charge in [-0.05, 0) is 19.4 Å². The van der Waals surface area contributed by atoms with Crippen molar-refractivity contribution in [2.24, 2.45) is 0 Å². The first kappa shape index (κ1) is 14.9. The van der Waals surface area contributed by atoms with Crippen molar-refractivity contribution in [1.29, 1.82) is 0 Å². The zero-order valence-electron chi connectivity index (χ0n) is 11.5. The fraction of sp³-hybridized carbons (Fsp3) is 1.00. The van der Waals surface area contributed by atoms with Gasteiger partial charge in [-0.3, -0.25) is 0 Å². The summed E-state index contributed by atoms with van der Waals surface area (Å²) in [5, 5.41) is 3.57. The first-order valence-corrected chi connectivity index (χ1v) is 6.64. The van der Waals surface area contributed by atoms with Crippen molar-refractivity contribution in [2.75, 3.05) is 40.6 Å². The highest BCUT2D eigenvalue weighted by atomic mass is 16.5. The zero-order valence-corrected chi connectivity index (χ0v) is 11.5. The Labute approximate surface area is 105 Å². The molecule has 0 saturated carbocycles. The van der Waals surface area contributed by atoms with E-state index in [1.165, 1.54) is 0 Å². The summed E-state index contributed by atoms with van der Waals surface area (Å²) < 4.78 is 16.4. The second kappa shape index (κ2) is 8.03. The molecule has 1 saturated heterocycles. The minimum Gasteiger partial charge on any atom is -0.385 e. The SMILES string of the molecule is CCNC(CCCOC)C1(OC)CCOCC1. The number of nitrogens with one attached hydrogen (secondary N) is 1. The quantitative estimate of drug-likeness (QED) is 0.659. The molecule has 1 aliphatic heterocycles. The Morgan fingerprint density at radius 1 is 1.29 bits per heavy atom. The first-order chi connectivity index (χ1) is 8.29. The lowest BCUT2D eigenvalue weighted by Crippen LogP contribution is -2.55. The van der Waals surface area contributed by atoms with Crippen LogP contribution in [0.3, 0.4) is 0 Å². The third kappa shape index (κ3) is 4.21. The molecule has 0 amide bonds. The van der Waals surface area contributed by atoms with Crippen molar-refractivity contribution >= 4 is 0 Å². The number of rotatable bonds is 8. The fourth-order valence-corrected chi connectivity index (χ4v) is 2.64. The summed E-state index contributed by atoms with van der Waals surface area (Å²) in [6.07, 6.45) is 4.12. The second-order valence-electron chi connectivity index (χ2n) is 4.63. The van der Waals surface area contributed by atoms with Crippen molar-refractivity contribution in [3.8, 4) is 0 Å². The number of likely N-dealkylation sites (N-methyl/N-ethyl adjacent to an activating group) is 1. The zero-order chi connectivity index (χ0) is 12.6. The number of hydrogen-bond acceptors (Lipinski definition) is 4. The minimum atomic E-state index is -0.0536. The van der Waals surface area contributed by atoms with Gasteiger partial charge in [0.25, 0.3) is 0 Å². The van der Waals surface area contributed by atoms with E-state index in [1.54, 1.807) is 7.11 Å². The Balaban J connectivity index is 2.57. The normalized spacial score (nSPS) is 21.4. The van der Waals surface area contributed by atoms with Gasteiger partial charge in [0, 0.05) is 52.9 Å². The Kier molecular flexibility index (Phi) is 7.04. The molecule has 1 atom stereocenters. The molecule has 0 aromatic carbocycles. The number of ether oxygens (including phenoxy) is 3. The van der Waals surface area contributed by atoms with Crippen LogP contribution in [-0.4, -0.2) is 52.2 Å². The fourth-order valence-electron chi connectivity index (χ4n) is 2.64. The standard InChI is InChI=1S/C13H27NO3/c1-4-14-12(6-5-9-15-2)13(16-3)7-10-17-11-8-13/h12,14H,4-11H2,1-3H3. The molecule has 0 aromatic heterocycles. The van der Waals surface area contributed by atoms with Gasteiger partial charge < -0.3 is 19.5 Å². The third-order valence-corrected chi connectivity index (χ3v) is 3.67. The number of methoxy groups -OCH3 is 2. The second-order valence-corrected chi connectivity index (χ2v) is 4.63. The van der Waals surface area contributed by atoms with Crippen LogP contribution in [0.15, 0.2) is 0 Å². The monoisotopic (exact) mass is 245 g/mol. The molecule has 1 unspecified atom stereocenters. The van der Waals surface area contributed by atoms with Crippen molar-refractivity contribution in [1.82, 2.24) is 5.32 Å². The lowest BCUT2D eigenvalue weighted by molar-refractivity contribution is -0.112. The first-order valence-electron chi connectivity index (χ1n) is 6.64. The van der Waals surface area contributed by atoms with Crippen LogP contribution in [0.1, 0.15) is 32.6 Å². The Morgan fingerprint density at radius 3 is 2.53 bits per heavy atom. The summed E-state index contributed by atoms with van der Waals surface area (Å²) >= 11 is 0. The van der Waals surface area contributed by atoms with Gasteiger partial charge in [-0.15, -0.1) is 0 Å². The van der Waals surface area contributed by atoms with Crippen LogP contribution in [0.5, 0.6) is 0 Å². The van der Waals surface area contributed by atoms with Crippen molar-refractivity contribution in [3.63, 3.8) is 0 Å². The Morgan fingerprint density at radius 2 is 2.00 bits per heavy atom. The molecule has 0 spiro atoms. The molecular weight excluding hydrogens is 218 g/mol. The Bertz CT molecular complexity index is 193. The predicted octanol–water partition coefficient (Wildman–Crippen LogP) is 1.59. The molecule has 102 valence electrons. The lowest BCUT2D eigenvalue weighted by Gasteiger charge is -2.42. The summed E-state index contributed by atoms with van der Waals surface area (Å²) in [4.78, 5) is 0. The minimum absolute atomic E-state index is 0.0536. The smallest absolute Gasteiger partial charge is 0.0874 e. The maximum atomic E-state index is 5.84. The van der Waals surface area contributed by atoms with Crippen molar-refractivity contribution < 1.29 is 14.2 Å². The highest BCUT2D eigenvalue weighted by Gasteiger charge is 2.39. The van der Waals surface area contributed by atoms with Crippen LogP contribution in [0, 0.1) is 0 Å². The molecule has 0 radical (unpaired) electrons. The summed E-state index contributed by atoms with van der Waals surface area (Å²) in [5.74, 6) is 0. The molecule has 0 aliphatic carbocycles. The maximum Gasteiger partial charge on any atom is 0.0874 e. The average Bonchev–Trinajstić information content (AvgIpc) is 2.39. The van der Waals surface area contributed by atoms with Gasteiger partial charge in [0.15, 0.2) is 0 Å². The van der Waals surface area contributed by atoms with Gasteiger partial charge in [-0.1, -0.05) is 6.92 Å². The Hall–Kier alpha value is -0.160. The molecule has 0 bridgehead atoms. The van der Waals surface area contributed by atoms with Crippen molar-refractivity contribution in [2.45, 2.75) is 44.2 Å². The van der Waals surface area contributed by atoms with E-state index in [2.05, 4.69) is 12.2 Å². The highest BCUT2D eigenvalue weighted by Crippen LogP contribution is 2.30. The molecule has 1 heterocycles. The highest BCUT2D eigenvalue weighted by molar-refractivity contribution is 4.94. The molecule has 1 fully saturated rings. The maximum absolute atomic E-state index is 5.84. The largest absolute Gasteiger partial charge is 0.385 e. The van der Waals surface area contributed by atoms with E-state index in [-0.39, 0.29) is 5.60 Å². The van der Waals surface area contributed by atoms with Gasteiger partial charge in [-0.25, -0.2) is 0 Å². The third-order valence-electron chi connectivity index (χ3n) is 3.67. The summed E-state index contributed by atoms with van der Waals surface area (Å²) in [6, 6.07) is 0.400. The molecule has 4 heteroatoms. The van der Waals surface area contributed by atoms with E-state index in [0.717, 1.165) is 52.0 Å². The lowest BCUT2D eigenvalue weighted by atomic mass is 9.83. The van der Waals surface area contributed by atoms with Crippen LogP contribution in [0.4, 0.5) is 0 Å².